The molecule has 1 fully saturated rings. The van der Waals surface area contributed by atoms with Crippen LogP contribution in [0.25, 0.3) is 0 Å². The van der Waals surface area contributed by atoms with Crippen molar-refractivity contribution in [3.8, 4) is 5.88 Å². The van der Waals surface area contributed by atoms with Crippen molar-refractivity contribution in [2.75, 3.05) is 25.6 Å². The number of carbonyl (C=O) groups excluding carboxylic acids is 1. The van der Waals surface area contributed by atoms with Crippen LogP contribution in [0.3, 0.4) is 0 Å². The van der Waals surface area contributed by atoms with Gasteiger partial charge in [0.1, 0.15) is 11.8 Å². The first kappa shape index (κ1) is 11.9. The predicted molar refractivity (Wildman–Crippen MR) is 58.9 cm³/mol. The third-order valence-corrected chi connectivity index (χ3v) is 2.55. The number of nitrogens with zero attached hydrogens (tertiary/aromatic N) is 2. The fourth-order valence-electron chi connectivity index (χ4n) is 1.71. The molecule has 1 amide bonds. The number of aryl methyl sites for hydroxylation is 1. The first-order valence-electron chi connectivity index (χ1n) is 5.25. The van der Waals surface area contributed by atoms with E-state index in [2.05, 4.69) is 10.4 Å². The summed E-state index contributed by atoms with van der Waals surface area (Å²) < 4.78 is 17.7. The number of anilines is 1. The Labute approximate surface area is 98.6 Å². The van der Waals surface area contributed by atoms with Gasteiger partial charge in [-0.3, -0.25) is 9.48 Å². The van der Waals surface area contributed by atoms with Gasteiger partial charge in [0.2, 0.25) is 6.41 Å². The van der Waals surface area contributed by atoms with Crippen LogP contribution in [-0.4, -0.2) is 48.7 Å². The third-order valence-electron chi connectivity index (χ3n) is 2.55. The Kier molecular flexibility index (Phi) is 3.60. The van der Waals surface area contributed by atoms with Gasteiger partial charge >= 0.3 is 0 Å². The first-order valence-corrected chi connectivity index (χ1v) is 5.25. The van der Waals surface area contributed by atoms with E-state index >= 15 is 0 Å². The predicted octanol–water partition coefficient (Wildman–Crippen LogP) is -0.219. The highest BCUT2D eigenvalue weighted by molar-refractivity contribution is 5.73. The van der Waals surface area contributed by atoms with E-state index in [0.29, 0.717) is 31.2 Å². The highest BCUT2D eigenvalue weighted by Gasteiger charge is 2.31. The Morgan fingerprint density at radius 3 is 3.06 bits per heavy atom. The highest BCUT2D eigenvalue weighted by Crippen LogP contribution is 2.24. The SMILES string of the molecule is CO[C@@H]1COC[C@H]1Oc1nn(C)cc1NC=O. The van der Waals surface area contributed by atoms with Crippen LogP contribution in [0.5, 0.6) is 5.88 Å². The number of aromatic nitrogens is 2. The fraction of sp³-hybridized carbons (Fsp3) is 0.600. The van der Waals surface area contributed by atoms with E-state index in [4.69, 9.17) is 14.2 Å². The summed E-state index contributed by atoms with van der Waals surface area (Å²) in [5, 5.41) is 6.66. The van der Waals surface area contributed by atoms with Crippen molar-refractivity contribution < 1.29 is 19.0 Å². The maximum absolute atomic E-state index is 10.4. The Morgan fingerprint density at radius 2 is 2.35 bits per heavy atom. The second-order valence-electron chi connectivity index (χ2n) is 3.75. The van der Waals surface area contributed by atoms with Crippen LogP contribution in [0, 0.1) is 0 Å². The molecule has 0 radical (unpaired) electrons. The minimum atomic E-state index is -0.206. The van der Waals surface area contributed by atoms with Crippen molar-refractivity contribution in [3.63, 3.8) is 0 Å². The third kappa shape index (κ3) is 2.56. The number of hydrogen-bond donors (Lipinski definition) is 1. The van der Waals surface area contributed by atoms with Crippen LogP contribution in [0.1, 0.15) is 0 Å². The number of amides is 1. The molecule has 1 aliphatic heterocycles. The maximum Gasteiger partial charge on any atom is 0.257 e. The van der Waals surface area contributed by atoms with Gasteiger partial charge in [-0.2, -0.15) is 0 Å². The van der Waals surface area contributed by atoms with Crippen LogP contribution >= 0.6 is 0 Å². The van der Waals surface area contributed by atoms with E-state index in [-0.39, 0.29) is 12.2 Å². The molecular formula is C10H15N3O4. The minimum Gasteiger partial charge on any atom is -0.466 e. The summed E-state index contributed by atoms with van der Waals surface area (Å²) in [6.45, 7) is 0.958. The summed E-state index contributed by atoms with van der Waals surface area (Å²) in [6, 6.07) is 0. The average molecular weight is 241 g/mol. The lowest BCUT2D eigenvalue weighted by atomic mass is 10.2. The number of hydrogen-bond acceptors (Lipinski definition) is 5. The summed E-state index contributed by atoms with van der Waals surface area (Å²) in [7, 11) is 3.36. The molecule has 7 heteroatoms. The van der Waals surface area contributed by atoms with Gasteiger partial charge in [-0.1, -0.05) is 0 Å². The Balaban J connectivity index is 2.09. The van der Waals surface area contributed by atoms with Crippen LogP contribution in [0.15, 0.2) is 6.20 Å². The Morgan fingerprint density at radius 1 is 1.59 bits per heavy atom. The lowest BCUT2D eigenvalue weighted by molar-refractivity contribution is -0.105. The van der Waals surface area contributed by atoms with Crippen LogP contribution in [0.4, 0.5) is 5.69 Å². The summed E-state index contributed by atoms with van der Waals surface area (Å²) >= 11 is 0. The topological polar surface area (TPSA) is 74.6 Å². The molecule has 2 heterocycles. The van der Waals surface area contributed by atoms with Crippen molar-refractivity contribution in [2.45, 2.75) is 12.2 Å². The normalized spacial score (nSPS) is 23.6. The molecule has 1 aromatic heterocycles. The molecule has 7 nitrogen and oxygen atoms in total. The van der Waals surface area contributed by atoms with Gasteiger partial charge in [0.05, 0.1) is 19.4 Å². The van der Waals surface area contributed by atoms with E-state index in [1.54, 1.807) is 25.0 Å². The van der Waals surface area contributed by atoms with Gasteiger partial charge in [-0.05, 0) is 0 Å². The minimum absolute atomic E-state index is 0.110. The van der Waals surface area contributed by atoms with Gasteiger partial charge in [-0.15, -0.1) is 5.10 Å². The molecule has 0 aromatic carbocycles. The standard InChI is InChI=1S/C10H15N3O4/c1-13-3-7(11-6-14)10(12-13)17-9-5-16-4-8(9)15-2/h3,6,8-9H,4-5H2,1-2H3,(H,11,14)/t8-,9-/m1/s1. The summed E-state index contributed by atoms with van der Waals surface area (Å²) in [5.74, 6) is 0.372. The van der Waals surface area contributed by atoms with Gasteiger partial charge in [-0.25, -0.2) is 0 Å². The number of methoxy groups -OCH3 is 1. The molecule has 1 N–H and O–H groups in total. The molecule has 1 aromatic rings. The first-order chi connectivity index (χ1) is 8.24. The van der Waals surface area contributed by atoms with Crippen LogP contribution < -0.4 is 10.1 Å². The Bertz CT molecular complexity index is 393. The molecule has 0 spiro atoms. The largest absolute Gasteiger partial charge is 0.466 e. The Hall–Kier alpha value is -1.60. The average Bonchev–Trinajstić information content (AvgIpc) is 2.87. The quantitative estimate of drug-likeness (QED) is 0.721. The zero-order valence-corrected chi connectivity index (χ0v) is 9.75. The molecule has 0 saturated carbocycles. The second kappa shape index (κ2) is 5.15. The molecule has 1 aliphatic rings. The highest BCUT2D eigenvalue weighted by atomic mass is 16.6. The van der Waals surface area contributed by atoms with Crippen molar-refractivity contribution in [1.29, 1.82) is 0 Å². The monoisotopic (exact) mass is 241 g/mol. The molecule has 0 aliphatic carbocycles. The summed E-state index contributed by atoms with van der Waals surface area (Å²) in [6.07, 6.45) is 1.94. The number of carbonyl (C=O) groups is 1. The van der Waals surface area contributed by atoms with Crippen LogP contribution in [0.2, 0.25) is 0 Å². The van der Waals surface area contributed by atoms with E-state index in [1.165, 1.54) is 0 Å². The van der Waals surface area contributed by atoms with Gasteiger partial charge in [0.15, 0.2) is 6.10 Å². The number of rotatable bonds is 5. The van der Waals surface area contributed by atoms with Crippen molar-refractivity contribution in [3.05, 3.63) is 6.20 Å². The van der Waals surface area contributed by atoms with Gasteiger partial charge < -0.3 is 19.5 Å². The summed E-state index contributed by atoms with van der Waals surface area (Å²) in [5.41, 5.74) is 0.532. The van der Waals surface area contributed by atoms with Gasteiger partial charge in [0.25, 0.3) is 5.88 Å². The van der Waals surface area contributed by atoms with E-state index in [9.17, 15) is 4.79 Å². The molecule has 0 unspecified atom stereocenters. The zero-order chi connectivity index (χ0) is 12.3. The van der Waals surface area contributed by atoms with Crippen molar-refractivity contribution in [2.24, 2.45) is 7.05 Å². The second-order valence-corrected chi connectivity index (χ2v) is 3.75. The molecule has 94 valence electrons. The lowest BCUT2D eigenvalue weighted by Gasteiger charge is -2.16. The molecule has 2 rings (SSSR count). The maximum atomic E-state index is 10.4. The van der Waals surface area contributed by atoms with E-state index < -0.39 is 0 Å². The van der Waals surface area contributed by atoms with Gasteiger partial charge in [0, 0.05) is 14.2 Å². The summed E-state index contributed by atoms with van der Waals surface area (Å²) in [4.78, 5) is 10.4. The lowest BCUT2D eigenvalue weighted by Crippen LogP contribution is -2.31. The molecule has 0 bridgehead atoms. The van der Waals surface area contributed by atoms with Crippen LogP contribution in [-0.2, 0) is 21.3 Å². The van der Waals surface area contributed by atoms with E-state index in [0.717, 1.165) is 0 Å². The smallest absolute Gasteiger partial charge is 0.257 e. The molecule has 17 heavy (non-hydrogen) atoms. The van der Waals surface area contributed by atoms with Crippen molar-refractivity contribution >= 4 is 12.1 Å². The van der Waals surface area contributed by atoms with Crippen molar-refractivity contribution in [1.82, 2.24) is 9.78 Å². The molecule has 1 saturated heterocycles. The zero-order valence-electron chi connectivity index (χ0n) is 9.75. The fourth-order valence-corrected chi connectivity index (χ4v) is 1.71. The number of nitrogens with one attached hydrogen (secondary N) is 1. The van der Waals surface area contributed by atoms with E-state index in [1.807, 2.05) is 0 Å². The molecular weight excluding hydrogens is 226 g/mol. The number of ether oxygens (including phenoxy) is 3. The molecule has 2 atom stereocenters.